The molecule has 2 aromatic rings. The topological polar surface area (TPSA) is 42.0 Å². The third kappa shape index (κ3) is 3.01. The number of anilines is 1. The molecular formula is C12H7ClF2N2O. The van der Waals surface area contributed by atoms with Gasteiger partial charge in [-0.15, -0.1) is 0 Å². The molecule has 0 unspecified atom stereocenters. The number of hydrogen-bond donors (Lipinski definition) is 1. The number of nitrogens with one attached hydrogen (secondary N) is 1. The zero-order valence-corrected chi connectivity index (χ0v) is 9.71. The summed E-state index contributed by atoms with van der Waals surface area (Å²) < 4.78 is 25.7. The van der Waals surface area contributed by atoms with Crippen LogP contribution in [0.1, 0.15) is 10.4 Å². The minimum atomic E-state index is -1.05. The molecule has 1 aromatic heterocycles. The Labute approximate surface area is 106 Å². The average molecular weight is 269 g/mol. The van der Waals surface area contributed by atoms with Crippen LogP contribution in [0, 0.1) is 11.9 Å². The molecule has 0 bridgehead atoms. The third-order valence-corrected chi connectivity index (χ3v) is 2.38. The molecule has 0 radical (unpaired) electrons. The fourth-order valence-corrected chi connectivity index (χ4v) is 1.46. The number of aromatic nitrogens is 1. The van der Waals surface area contributed by atoms with Gasteiger partial charge in [-0.25, -0.2) is 0 Å². The fraction of sp³-hybridized carbons (Fsp3) is 0. The van der Waals surface area contributed by atoms with Crippen molar-refractivity contribution >= 4 is 23.2 Å². The van der Waals surface area contributed by atoms with Crippen LogP contribution < -0.4 is 5.32 Å². The maximum atomic E-state index is 12.8. The summed E-state index contributed by atoms with van der Waals surface area (Å²) in [7, 11) is 0. The molecule has 2 rings (SSSR count). The molecule has 3 nitrogen and oxygen atoms in total. The van der Waals surface area contributed by atoms with E-state index in [1.165, 1.54) is 0 Å². The van der Waals surface area contributed by atoms with E-state index in [4.69, 9.17) is 11.6 Å². The zero-order chi connectivity index (χ0) is 13.1. The highest BCUT2D eigenvalue weighted by Crippen LogP contribution is 2.14. The van der Waals surface area contributed by atoms with Gasteiger partial charge >= 0.3 is 0 Å². The second-order valence-electron chi connectivity index (χ2n) is 3.46. The lowest BCUT2D eigenvalue weighted by molar-refractivity contribution is 0.102. The van der Waals surface area contributed by atoms with Crippen molar-refractivity contribution in [3.63, 3.8) is 0 Å². The average Bonchev–Trinajstić information content (AvgIpc) is 2.31. The normalized spacial score (nSPS) is 10.2. The lowest BCUT2D eigenvalue weighted by Gasteiger charge is -2.05. The van der Waals surface area contributed by atoms with E-state index in [-0.39, 0.29) is 5.56 Å². The van der Waals surface area contributed by atoms with Crippen molar-refractivity contribution < 1.29 is 13.6 Å². The van der Waals surface area contributed by atoms with Crippen LogP contribution in [0.15, 0.2) is 36.4 Å². The van der Waals surface area contributed by atoms with E-state index in [0.717, 1.165) is 12.1 Å². The van der Waals surface area contributed by atoms with Gasteiger partial charge in [-0.1, -0.05) is 11.6 Å². The first-order valence-electron chi connectivity index (χ1n) is 4.94. The van der Waals surface area contributed by atoms with Gasteiger partial charge < -0.3 is 5.32 Å². The van der Waals surface area contributed by atoms with E-state index in [9.17, 15) is 13.6 Å². The van der Waals surface area contributed by atoms with E-state index in [0.29, 0.717) is 10.7 Å². The molecule has 0 aliphatic rings. The van der Waals surface area contributed by atoms with Crippen LogP contribution in [-0.4, -0.2) is 10.9 Å². The maximum absolute atomic E-state index is 12.8. The number of halogens is 3. The monoisotopic (exact) mass is 268 g/mol. The Morgan fingerprint density at radius 1 is 1.11 bits per heavy atom. The van der Waals surface area contributed by atoms with Crippen LogP contribution in [0.4, 0.5) is 14.5 Å². The van der Waals surface area contributed by atoms with Crippen LogP contribution in [0.2, 0.25) is 5.02 Å². The number of carbonyl (C=O) groups excluding carboxylic acids is 1. The maximum Gasteiger partial charge on any atom is 0.255 e. The van der Waals surface area contributed by atoms with Gasteiger partial charge in [-0.2, -0.15) is 13.8 Å². The first-order chi connectivity index (χ1) is 8.54. The van der Waals surface area contributed by atoms with Crippen molar-refractivity contribution in [3.8, 4) is 0 Å². The van der Waals surface area contributed by atoms with E-state index in [1.807, 2.05) is 0 Å². The lowest BCUT2D eigenvalue weighted by atomic mass is 10.2. The molecule has 0 saturated carbocycles. The minimum Gasteiger partial charge on any atom is -0.322 e. The van der Waals surface area contributed by atoms with Crippen molar-refractivity contribution in [2.24, 2.45) is 0 Å². The SMILES string of the molecule is O=C(Nc1ccc(Cl)cc1)c1cc(F)nc(F)c1. The first-order valence-corrected chi connectivity index (χ1v) is 5.32. The van der Waals surface area contributed by atoms with Crippen molar-refractivity contribution in [1.82, 2.24) is 4.98 Å². The molecule has 1 aromatic carbocycles. The molecular weight excluding hydrogens is 262 g/mol. The summed E-state index contributed by atoms with van der Waals surface area (Å²) in [6, 6.07) is 8.04. The summed E-state index contributed by atoms with van der Waals surface area (Å²) in [6.45, 7) is 0. The smallest absolute Gasteiger partial charge is 0.255 e. The second-order valence-corrected chi connectivity index (χ2v) is 3.90. The number of benzene rings is 1. The van der Waals surface area contributed by atoms with Gasteiger partial charge in [0, 0.05) is 28.4 Å². The molecule has 6 heteroatoms. The van der Waals surface area contributed by atoms with Gasteiger partial charge in [0.05, 0.1) is 0 Å². The quantitative estimate of drug-likeness (QED) is 0.850. The molecule has 0 atom stereocenters. The Balaban J connectivity index is 2.19. The fourth-order valence-electron chi connectivity index (χ4n) is 1.33. The molecule has 92 valence electrons. The summed E-state index contributed by atoms with van der Waals surface area (Å²) in [5.74, 6) is -2.72. The molecule has 0 aliphatic carbocycles. The summed E-state index contributed by atoms with van der Waals surface area (Å²) in [4.78, 5) is 14.6. The van der Waals surface area contributed by atoms with E-state index < -0.39 is 17.8 Å². The number of hydrogen-bond acceptors (Lipinski definition) is 2. The van der Waals surface area contributed by atoms with Gasteiger partial charge in [0.2, 0.25) is 11.9 Å². The Morgan fingerprint density at radius 3 is 2.22 bits per heavy atom. The Bertz CT molecular complexity index is 567. The van der Waals surface area contributed by atoms with Gasteiger partial charge in [-0.3, -0.25) is 4.79 Å². The van der Waals surface area contributed by atoms with Gasteiger partial charge in [0.15, 0.2) is 0 Å². The molecule has 1 heterocycles. The molecule has 0 spiro atoms. The molecule has 0 aliphatic heterocycles. The van der Waals surface area contributed by atoms with E-state index in [2.05, 4.69) is 10.3 Å². The molecule has 0 fully saturated rings. The Hall–Kier alpha value is -2.01. The largest absolute Gasteiger partial charge is 0.322 e. The van der Waals surface area contributed by atoms with Crippen molar-refractivity contribution in [3.05, 3.63) is 58.9 Å². The minimum absolute atomic E-state index is 0.144. The van der Waals surface area contributed by atoms with Crippen LogP contribution in [0.5, 0.6) is 0 Å². The van der Waals surface area contributed by atoms with Crippen molar-refractivity contribution in [2.45, 2.75) is 0 Å². The predicted octanol–water partition coefficient (Wildman–Crippen LogP) is 3.27. The highest BCUT2D eigenvalue weighted by molar-refractivity contribution is 6.30. The van der Waals surface area contributed by atoms with Gasteiger partial charge in [0.25, 0.3) is 5.91 Å². The number of rotatable bonds is 2. The van der Waals surface area contributed by atoms with Gasteiger partial charge in [-0.05, 0) is 24.3 Å². The second kappa shape index (κ2) is 5.10. The van der Waals surface area contributed by atoms with E-state index in [1.54, 1.807) is 24.3 Å². The summed E-state index contributed by atoms with van der Waals surface area (Å²) >= 11 is 5.69. The molecule has 1 N–H and O–H groups in total. The van der Waals surface area contributed by atoms with Crippen LogP contribution >= 0.6 is 11.6 Å². The van der Waals surface area contributed by atoms with Gasteiger partial charge in [0.1, 0.15) is 0 Å². The predicted molar refractivity (Wildman–Crippen MR) is 63.6 cm³/mol. The lowest BCUT2D eigenvalue weighted by Crippen LogP contribution is -2.13. The summed E-state index contributed by atoms with van der Waals surface area (Å²) in [6.07, 6.45) is 0. The number of carbonyl (C=O) groups is 1. The zero-order valence-electron chi connectivity index (χ0n) is 8.95. The van der Waals surface area contributed by atoms with Crippen LogP contribution in [-0.2, 0) is 0 Å². The highest BCUT2D eigenvalue weighted by Gasteiger charge is 2.10. The third-order valence-electron chi connectivity index (χ3n) is 2.13. The number of pyridine rings is 1. The Morgan fingerprint density at radius 2 is 1.67 bits per heavy atom. The Kier molecular flexibility index (Phi) is 3.53. The number of amides is 1. The van der Waals surface area contributed by atoms with Crippen LogP contribution in [0.25, 0.3) is 0 Å². The number of nitrogens with zero attached hydrogens (tertiary/aromatic N) is 1. The van der Waals surface area contributed by atoms with E-state index >= 15 is 0 Å². The summed E-state index contributed by atoms with van der Waals surface area (Å²) in [5.41, 5.74) is 0.331. The van der Waals surface area contributed by atoms with Crippen LogP contribution in [0.3, 0.4) is 0 Å². The first kappa shape index (κ1) is 12.4. The van der Waals surface area contributed by atoms with Crippen molar-refractivity contribution in [2.75, 3.05) is 5.32 Å². The summed E-state index contributed by atoms with van der Waals surface area (Å²) in [5, 5.41) is 3.00. The highest BCUT2D eigenvalue weighted by atomic mass is 35.5. The van der Waals surface area contributed by atoms with Crippen molar-refractivity contribution in [1.29, 1.82) is 0 Å². The standard InChI is InChI=1S/C12H7ClF2N2O/c13-8-1-3-9(4-2-8)16-12(18)7-5-10(14)17-11(15)6-7/h1-6H,(H,16,18). The molecule has 1 amide bonds. The molecule has 0 saturated heterocycles. The molecule has 18 heavy (non-hydrogen) atoms.